The van der Waals surface area contributed by atoms with E-state index in [4.69, 9.17) is 9.79 Å². The number of hydrogen-bond acceptors (Lipinski definition) is 2. The van der Waals surface area contributed by atoms with Crippen LogP contribution in [0.2, 0.25) is 0 Å². The predicted octanol–water partition coefficient (Wildman–Crippen LogP) is 1.59. The summed E-state index contributed by atoms with van der Waals surface area (Å²) >= 11 is 0. The van der Waals surface area contributed by atoms with Crippen molar-refractivity contribution in [1.29, 1.82) is 0 Å². The molecular weight excluding hydrogens is 245 g/mol. The van der Waals surface area contributed by atoms with Crippen molar-refractivity contribution < 1.29 is 45.4 Å². The van der Waals surface area contributed by atoms with Crippen molar-refractivity contribution in [3.8, 4) is 0 Å². The van der Waals surface area contributed by atoms with Crippen molar-refractivity contribution in [2.45, 2.75) is 18.4 Å². The van der Waals surface area contributed by atoms with Gasteiger partial charge in [0.25, 0.3) is 6.36 Å². The Hall–Kier alpha value is -0.310. The van der Waals surface area contributed by atoms with E-state index in [1.165, 1.54) is 0 Å². The van der Waals surface area contributed by atoms with E-state index >= 15 is 0 Å². The van der Waals surface area contributed by atoms with Crippen LogP contribution in [0.15, 0.2) is 0 Å². The molecule has 11 heteroatoms. The second-order valence-electron chi connectivity index (χ2n) is 2.01. The molecule has 2 N–H and O–H groups in total. The van der Waals surface area contributed by atoms with Crippen LogP contribution in [0.5, 0.6) is 0 Å². The summed E-state index contributed by atoms with van der Waals surface area (Å²) in [6, 6.07) is 0. The molecular formula is C3H3F6O4P. The van der Waals surface area contributed by atoms with Crippen LogP contribution in [0.25, 0.3) is 0 Å². The Kier molecular flexibility index (Phi) is 3.60. The average molecular weight is 248 g/mol. The summed E-state index contributed by atoms with van der Waals surface area (Å²) in [6.45, 7) is 0. The van der Waals surface area contributed by atoms with Crippen LogP contribution in [0.3, 0.4) is 0 Å². The van der Waals surface area contributed by atoms with E-state index in [1.807, 2.05) is 0 Å². The number of rotatable bonds is 3. The van der Waals surface area contributed by atoms with Crippen molar-refractivity contribution in [2.24, 2.45) is 0 Å². The summed E-state index contributed by atoms with van der Waals surface area (Å²) in [7, 11) is -6.34. The molecule has 0 amide bonds. The van der Waals surface area contributed by atoms with E-state index in [0.717, 1.165) is 0 Å². The first kappa shape index (κ1) is 13.7. The van der Waals surface area contributed by atoms with Crippen LogP contribution in [0.4, 0.5) is 26.3 Å². The van der Waals surface area contributed by atoms with Gasteiger partial charge < -0.3 is 9.79 Å². The molecule has 0 aliphatic heterocycles. The van der Waals surface area contributed by atoms with Crippen LogP contribution in [-0.2, 0) is 9.30 Å². The van der Waals surface area contributed by atoms with E-state index in [2.05, 4.69) is 4.74 Å². The lowest BCUT2D eigenvalue weighted by atomic mass is 10.7. The number of alkyl halides is 6. The molecule has 0 aliphatic carbocycles. The van der Waals surface area contributed by atoms with Gasteiger partial charge >= 0.3 is 19.6 Å². The third kappa shape index (κ3) is 3.45. The summed E-state index contributed by atoms with van der Waals surface area (Å²) in [6.07, 6.45) is -10.2. The molecule has 0 radical (unpaired) electrons. The molecule has 0 aromatic rings. The Balaban J connectivity index is 4.69. The largest absolute Gasteiger partial charge is 0.525 e. The number of hydrogen-bond donors (Lipinski definition) is 2. The maximum atomic E-state index is 12.1. The van der Waals surface area contributed by atoms with Gasteiger partial charge in [0.2, 0.25) is 0 Å². The van der Waals surface area contributed by atoms with Crippen LogP contribution >= 0.6 is 7.60 Å². The molecule has 1 atom stereocenters. The van der Waals surface area contributed by atoms with Gasteiger partial charge in [-0.2, -0.15) is 8.78 Å². The predicted molar refractivity (Wildman–Crippen MR) is 29.0 cm³/mol. The minimum absolute atomic E-state index is 2.12. The van der Waals surface area contributed by atoms with Gasteiger partial charge in [0.15, 0.2) is 0 Å². The molecule has 86 valence electrons. The second-order valence-corrected chi connectivity index (χ2v) is 3.70. The normalized spacial score (nSPS) is 16.9. The molecule has 0 fully saturated rings. The first-order valence-corrected chi connectivity index (χ1v) is 4.31. The maximum absolute atomic E-state index is 12.1. The monoisotopic (exact) mass is 248 g/mol. The molecule has 0 aliphatic rings. The Morgan fingerprint density at radius 2 is 1.50 bits per heavy atom. The highest BCUT2D eigenvalue weighted by Crippen LogP contribution is 2.56. The zero-order valence-electron chi connectivity index (χ0n) is 6.00. The molecule has 0 saturated carbocycles. The lowest BCUT2D eigenvalue weighted by Gasteiger charge is -2.21. The Labute approximate surface area is 72.6 Å². The van der Waals surface area contributed by atoms with Gasteiger partial charge in [-0.05, 0) is 0 Å². The van der Waals surface area contributed by atoms with Gasteiger partial charge in [-0.3, -0.25) is 4.57 Å². The minimum Gasteiger partial charge on any atom is -0.320 e. The van der Waals surface area contributed by atoms with Crippen molar-refractivity contribution in [3.05, 3.63) is 0 Å². The molecule has 0 rings (SSSR count). The third-order valence-electron chi connectivity index (χ3n) is 0.899. The topological polar surface area (TPSA) is 66.8 Å². The summed E-state index contributed by atoms with van der Waals surface area (Å²) in [5.74, 6) is 0. The summed E-state index contributed by atoms with van der Waals surface area (Å²) in [5.41, 5.74) is -5.54. The van der Waals surface area contributed by atoms with Crippen LogP contribution < -0.4 is 0 Å². The molecule has 0 aromatic carbocycles. The zero-order valence-corrected chi connectivity index (χ0v) is 6.90. The lowest BCUT2D eigenvalue weighted by molar-refractivity contribution is -0.379. The molecule has 4 nitrogen and oxygen atoms in total. The summed E-state index contributed by atoms with van der Waals surface area (Å²) < 4.78 is 81.7. The third-order valence-corrected chi connectivity index (χ3v) is 1.88. The Bertz CT molecular complexity index is 244. The first-order chi connectivity index (χ1) is 5.88. The van der Waals surface area contributed by atoms with Crippen LogP contribution in [0.1, 0.15) is 0 Å². The highest BCUT2D eigenvalue weighted by molar-refractivity contribution is 7.53. The first-order valence-electron chi connectivity index (χ1n) is 2.70. The van der Waals surface area contributed by atoms with Crippen LogP contribution in [-0.4, -0.2) is 28.2 Å². The number of halogens is 6. The fourth-order valence-electron chi connectivity index (χ4n) is 0.320. The summed E-state index contributed by atoms with van der Waals surface area (Å²) in [4.78, 5) is 15.6. The molecule has 0 aromatic heterocycles. The minimum atomic E-state index is -6.34. The molecule has 0 saturated heterocycles. The van der Waals surface area contributed by atoms with Gasteiger partial charge in [-0.25, -0.2) is 9.13 Å². The number of ether oxygens (including phenoxy) is 1. The molecule has 0 heterocycles. The Morgan fingerprint density at radius 3 is 1.71 bits per heavy atom. The van der Waals surface area contributed by atoms with E-state index in [0.29, 0.717) is 0 Å². The summed E-state index contributed by atoms with van der Waals surface area (Å²) in [5, 5.41) is 0. The highest BCUT2D eigenvalue weighted by atomic mass is 31.2. The van der Waals surface area contributed by atoms with Gasteiger partial charge in [-0.1, -0.05) is 0 Å². The van der Waals surface area contributed by atoms with Gasteiger partial charge in [0, 0.05) is 0 Å². The van der Waals surface area contributed by atoms with Crippen molar-refractivity contribution in [2.75, 3.05) is 0 Å². The van der Waals surface area contributed by atoms with E-state index in [1.54, 1.807) is 0 Å². The zero-order chi connectivity index (χ0) is 11.8. The van der Waals surface area contributed by atoms with Gasteiger partial charge in [-0.15, -0.1) is 13.2 Å². The molecule has 14 heavy (non-hydrogen) atoms. The van der Waals surface area contributed by atoms with Gasteiger partial charge in [0.05, 0.1) is 0 Å². The molecule has 0 spiro atoms. The highest BCUT2D eigenvalue weighted by Gasteiger charge is 2.60. The fourth-order valence-corrected chi connectivity index (χ4v) is 0.638. The second kappa shape index (κ2) is 3.69. The lowest BCUT2D eigenvalue weighted by Crippen LogP contribution is -2.36. The van der Waals surface area contributed by atoms with Crippen LogP contribution in [0, 0.1) is 0 Å². The van der Waals surface area contributed by atoms with E-state index in [9.17, 15) is 30.9 Å². The Morgan fingerprint density at radius 1 is 1.14 bits per heavy atom. The van der Waals surface area contributed by atoms with Gasteiger partial charge in [0.1, 0.15) is 0 Å². The standard InChI is InChI=1S/C3H3F6O4P/c4-1(13-3(7,8)9)2(5,6)14(10,11)12/h1H,(H2,10,11,12). The smallest absolute Gasteiger partial charge is 0.320 e. The van der Waals surface area contributed by atoms with Crippen molar-refractivity contribution in [3.63, 3.8) is 0 Å². The molecule has 1 unspecified atom stereocenters. The van der Waals surface area contributed by atoms with E-state index < -0.39 is 26.0 Å². The van der Waals surface area contributed by atoms with E-state index in [-0.39, 0.29) is 0 Å². The average Bonchev–Trinajstić information content (AvgIpc) is 1.80. The SMILES string of the molecule is O=P(O)(O)C(F)(F)C(F)OC(F)(F)F. The fraction of sp³-hybridized carbons (Fsp3) is 1.00. The van der Waals surface area contributed by atoms with Crippen molar-refractivity contribution in [1.82, 2.24) is 0 Å². The maximum Gasteiger partial charge on any atom is 0.525 e. The molecule has 0 bridgehead atoms. The van der Waals surface area contributed by atoms with Crippen molar-refractivity contribution >= 4 is 7.60 Å². The quantitative estimate of drug-likeness (QED) is 0.587.